The van der Waals surface area contributed by atoms with E-state index >= 15 is 0 Å². The van der Waals surface area contributed by atoms with Crippen molar-refractivity contribution in [3.05, 3.63) is 48.2 Å². The van der Waals surface area contributed by atoms with Crippen LogP contribution in [-0.2, 0) is 0 Å². The summed E-state index contributed by atoms with van der Waals surface area (Å²) in [6.07, 6.45) is 1.56. The van der Waals surface area contributed by atoms with Gasteiger partial charge in [-0.2, -0.15) is 5.26 Å². The molecule has 0 aliphatic rings. The van der Waals surface area contributed by atoms with Gasteiger partial charge in [-0.3, -0.25) is 4.98 Å². The highest BCUT2D eigenvalue weighted by Gasteiger charge is 1.98. The van der Waals surface area contributed by atoms with Crippen molar-refractivity contribution in [1.82, 2.24) is 4.98 Å². The van der Waals surface area contributed by atoms with Crippen molar-refractivity contribution in [1.29, 1.82) is 5.26 Å². The fourth-order valence-corrected chi connectivity index (χ4v) is 1.28. The van der Waals surface area contributed by atoms with E-state index in [0.29, 0.717) is 5.56 Å². The molecule has 3 nitrogen and oxygen atoms in total. The van der Waals surface area contributed by atoms with Gasteiger partial charge in [-0.15, -0.1) is 0 Å². The van der Waals surface area contributed by atoms with Crippen LogP contribution in [0.15, 0.2) is 42.6 Å². The fraction of sp³-hybridized carbons (Fsp3) is 0. The summed E-state index contributed by atoms with van der Waals surface area (Å²) in [6, 6.07) is 13.1. The Morgan fingerprint density at radius 2 is 1.80 bits per heavy atom. The quantitative estimate of drug-likeness (QED) is 0.709. The van der Waals surface area contributed by atoms with Crippen molar-refractivity contribution in [2.45, 2.75) is 0 Å². The SMILES string of the molecule is N#Cc1ccc(-c2ccc(N)cc2)nc1. The Morgan fingerprint density at radius 1 is 1.07 bits per heavy atom. The minimum atomic E-state index is 0.564. The predicted octanol–water partition coefficient (Wildman–Crippen LogP) is 2.20. The zero-order valence-corrected chi connectivity index (χ0v) is 8.01. The molecular formula is C12H9N3. The highest BCUT2D eigenvalue weighted by molar-refractivity contribution is 5.62. The lowest BCUT2D eigenvalue weighted by atomic mass is 10.1. The molecule has 0 aliphatic carbocycles. The summed E-state index contributed by atoms with van der Waals surface area (Å²) >= 11 is 0. The first-order valence-corrected chi connectivity index (χ1v) is 4.51. The Hall–Kier alpha value is -2.34. The molecule has 0 saturated carbocycles. The second kappa shape index (κ2) is 3.81. The molecular weight excluding hydrogens is 186 g/mol. The molecule has 3 heteroatoms. The van der Waals surface area contributed by atoms with Crippen LogP contribution in [0.25, 0.3) is 11.3 Å². The molecule has 0 bridgehead atoms. The zero-order valence-electron chi connectivity index (χ0n) is 8.01. The second-order valence-corrected chi connectivity index (χ2v) is 3.17. The molecule has 0 saturated heterocycles. The molecule has 2 N–H and O–H groups in total. The Kier molecular flexibility index (Phi) is 2.34. The van der Waals surface area contributed by atoms with Crippen LogP contribution in [0.5, 0.6) is 0 Å². The summed E-state index contributed by atoms with van der Waals surface area (Å²) in [4.78, 5) is 4.19. The molecule has 0 radical (unpaired) electrons. The summed E-state index contributed by atoms with van der Waals surface area (Å²) < 4.78 is 0. The standard InChI is InChI=1S/C12H9N3/c13-7-9-1-6-12(15-8-9)10-2-4-11(14)5-3-10/h1-6,8H,14H2. The Balaban J connectivity index is 2.38. The van der Waals surface area contributed by atoms with Crippen molar-refractivity contribution >= 4 is 5.69 Å². The smallest absolute Gasteiger partial charge is 0.101 e. The molecule has 0 spiro atoms. The topological polar surface area (TPSA) is 62.7 Å². The number of nitrogens with two attached hydrogens (primary N) is 1. The van der Waals surface area contributed by atoms with E-state index in [0.717, 1.165) is 16.9 Å². The first kappa shape index (κ1) is 9.22. The first-order chi connectivity index (χ1) is 7.29. The third kappa shape index (κ3) is 1.94. The summed E-state index contributed by atoms with van der Waals surface area (Å²) in [6.45, 7) is 0. The molecule has 1 heterocycles. The van der Waals surface area contributed by atoms with Gasteiger partial charge in [-0.25, -0.2) is 0 Å². The van der Waals surface area contributed by atoms with Crippen molar-refractivity contribution < 1.29 is 0 Å². The molecule has 2 aromatic rings. The zero-order chi connectivity index (χ0) is 10.7. The monoisotopic (exact) mass is 195 g/mol. The highest BCUT2D eigenvalue weighted by Crippen LogP contribution is 2.18. The molecule has 72 valence electrons. The normalized spacial score (nSPS) is 9.53. The van der Waals surface area contributed by atoms with Crippen molar-refractivity contribution in [3.8, 4) is 17.3 Å². The highest BCUT2D eigenvalue weighted by atomic mass is 14.7. The number of rotatable bonds is 1. The van der Waals surface area contributed by atoms with E-state index in [9.17, 15) is 0 Å². The van der Waals surface area contributed by atoms with Crippen LogP contribution in [0.3, 0.4) is 0 Å². The van der Waals surface area contributed by atoms with E-state index in [1.54, 1.807) is 12.3 Å². The molecule has 0 amide bonds. The van der Waals surface area contributed by atoms with Gasteiger partial charge in [0.15, 0.2) is 0 Å². The largest absolute Gasteiger partial charge is 0.399 e. The van der Waals surface area contributed by atoms with Gasteiger partial charge in [-0.1, -0.05) is 12.1 Å². The van der Waals surface area contributed by atoms with Crippen LogP contribution in [0.4, 0.5) is 5.69 Å². The van der Waals surface area contributed by atoms with E-state index < -0.39 is 0 Å². The van der Waals surface area contributed by atoms with Gasteiger partial charge < -0.3 is 5.73 Å². The summed E-state index contributed by atoms with van der Waals surface area (Å²) in [5.41, 5.74) is 8.72. The Morgan fingerprint density at radius 3 is 2.33 bits per heavy atom. The maximum atomic E-state index is 8.63. The molecule has 0 unspecified atom stereocenters. The summed E-state index contributed by atoms with van der Waals surface area (Å²) in [5.74, 6) is 0. The average Bonchev–Trinajstić information content (AvgIpc) is 2.30. The number of nitriles is 1. The number of benzene rings is 1. The summed E-state index contributed by atoms with van der Waals surface area (Å²) in [7, 11) is 0. The minimum absolute atomic E-state index is 0.564. The number of nitrogen functional groups attached to an aromatic ring is 1. The van der Waals surface area contributed by atoms with Crippen molar-refractivity contribution in [3.63, 3.8) is 0 Å². The number of hydrogen-bond donors (Lipinski definition) is 1. The molecule has 2 rings (SSSR count). The molecule has 0 aliphatic heterocycles. The first-order valence-electron chi connectivity index (χ1n) is 4.51. The van der Waals surface area contributed by atoms with Gasteiger partial charge in [0.1, 0.15) is 6.07 Å². The third-order valence-electron chi connectivity index (χ3n) is 2.10. The predicted molar refractivity (Wildman–Crippen MR) is 58.8 cm³/mol. The van der Waals surface area contributed by atoms with Gasteiger partial charge in [0, 0.05) is 17.4 Å². The van der Waals surface area contributed by atoms with E-state index in [1.165, 1.54) is 0 Å². The lowest BCUT2D eigenvalue weighted by molar-refractivity contribution is 1.30. The summed E-state index contributed by atoms with van der Waals surface area (Å²) in [5, 5.41) is 8.63. The van der Waals surface area contributed by atoms with Gasteiger partial charge in [0.2, 0.25) is 0 Å². The fourth-order valence-electron chi connectivity index (χ4n) is 1.28. The van der Waals surface area contributed by atoms with Crippen molar-refractivity contribution in [2.24, 2.45) is 0 Å². The van der Waals surface area contributed by atoms with Gasteiger partial charge in [0.05, 0.1) is 11.3 Å². The van der Waals surface area contributed by atoms with E-state index in [4.69, 9.17) is 11.0 Å². The number of nitrogens with zero attached hydrogens (tertiary/aromatic N) is 2. The van der Waals surface area contributed by atoms with Crippen LogP contribution in [0, 0.1) is 11.3 Å². The van der Waals surface area contributed by atoms with Crippen LogP contribution in [0.1, 0.15) is 5.56 Å². The van der Waals surface area contributed by atoms with E-state index in [-0.39, 0.29) is 0 Å². The number of aromatic nitrogens is 1. The lowest BCUT2D eigenvalue weighted by Crippen LogP contribution is -1.86. The van der Waals surface area contributed by atoms with E-state index in [2.05, 4.69) is 4.98 Å². The second-order valence-electron chi connectivity index (χ2n) is 3.17. The molecule has 15 heavy (non-hydrogen) atoms. The van der Waals surface area contributed by atoms with Crippen molar-refractivity contribution in [2.75, 3.05) is 5.73 Å². The van der Waals surface area contributed by atoms with Crippen LogP contribution in [-0.4, -0.2) is 4.98 Å². The third-order valence-corrected chi connectivity index (χ3v) is 2.10. The van der Waals surface area contributed by atoms with Gasteiger partial charge in [-0.05, 0) is 24.3 Å². The molecule has 0 atom stereocenters. The van der Waals surface area contributed by atoms with Crippen LogP contribution >= 0.6 is 0 Å². The minimum Gasteiger partial charge on any atom is -0.399 e. The molecule has 1 aromatic heterocycles. The average molecular weight is 195 g/mol. The van der Waals surface area contributed by atoms with E-state index in [1.807, 2.05) is 36.4 Å². The molecule has 1 aromatic carbocycles. The maximum absolute atomic E-state index is 8.63. The van der Waals surface area contributed by atoms with Crippen LogP contribution < -0.4 is 5.73 Å². The number of anilines is 1. The Bertz CT molecular complexity index is 492. The number of hydrogen-bond acceptors (Lipinski definition) is 3. The maximum Gasteiger partial charge on any atom is 0.101 e. The molecule has 0 fully saturated rings. The van der Waals surface area contributed by atoms with Gasteiger partial charge in [0.25, 0.3) is 0 Å². The number of pyridine rings is 1. The van der Waals surface area contributed by atoms with Gasteiger partial charge >= 0.3 is 0 Å². The Labute approximate surface area is 87.8 Å². The lowest BCUT2D eigenvalue weighted by Gasteiger charge is -2.00. The van der Waals surface area contributed by atoms with Crippen LogP contribution in [0.2, 0.25) is 0 Å².